The minimum Gasteiger partial charge on any atom is -0.467 e. The molecule has 1 aliphatic rings. The molecule has 0 saturated carbocycles. The zero-order valence-corrected chi connectivity index (χ0v) is 22.2. The highest BCUT2D eigenvalue weighted by atomic mass is 35.5. The van der Waals surface area contributed by atoms with Crippen LogP contribution in [0.3, 0.4) is 0 Å². The van der Waals surface area contributed by atoms with Crippen molar-refractivity contribution >= 4 is 54.2 Å². The molecule has 2 aromatic carbocycles. The Bertz CT molecular complexity index is 1460. The summed E-state index contributed by atoms with van der Waals surface area (Å²) < 4.78 is 34.2. The minimum atomic E-state index is -3.64. The summed E-state index contributed by atoms with van der Waals surface area (Å²) in [6, 6.07) is 15.9. The second-order valence-electron chi connectivity index (χ2n) is 8.75. The Morgan fingerprint density at radius 3 is 2.56 bits per heavy atom. The number of aryl methyl sites for hydroxylation is 1. The predicted molar refractivity (Wildman–Crippen MR) is 142 cm³/mol. The van der Waals surface area contributed by atoms with E-state index in [1.807, 2.05) is 18.2 Å². The van der Waals surface area contributed by atoms with Crippen LogP contribution in [0.2, 0.25) is 5.02 Å². The molecule has 4 aromatic rings. The van der Waals surface area contributed by atoms with Crippen LogP contribution < -0.4 is 4.90 Å². The lowest BCUT2D eigenvalue weighted by molar-refractivity contribution is -0.123. The summed E-state index contributed by atoms with van der Waals surface area (Å²) >= 11 is 7.40. The first-order valence-electron chi connectivity index (χ1n) is 11.8. The first kappa shape index (κ1) is 25.0. The smallest absolute Gasteiger partial charge is 0.243 e. The van der Waals surface area contributed by atoms with Crippen molar-refractivity contribution in [3.05, 3.63) is 77.2 Å². The van der Waals surface area contributed by atoms with Crippen molar-refractivity contribution < 1.29 is 17.6 Å². The van der Waals surface area contributed by atoms with E-state index < -0.39 is 10.0 Å². The number of amides is 1. The maximum Gasteiger partial charge on any atom is 0.243 e. The Balaban J connectivity index is 1.37. The minimum absolute atomic E-state index is 0.0629. The van der Waals surface area contributed by atoms with Crippen molar-refractivity contribution in [2.75, 3.05) is 18.0 Å². The molecule has 0 atom stereocenters. The monoisotopic (exact) mass is 543 g/mol. The maximum atomic E-state index is 13.8. The zero-order chi connectivity index (χ0) is 25.3. The Labute approximate surface area is 219 Å². The van der Waals surface area contributed by atoms with Crippen molar-refractivity contribution in [1.82, 2.24) is 9.29 Å². The van der Waals surface area contributed by atoms with E-state index in [9.17, 15) is 13.2 Å². The van der Waals surface area contributed by atoms with Gasteiger partial charge in [-0.1, -0.05) is 42.0 Å². The lowest BCUT2D eigenvalue weighted by Crippen LogP contribution is -2.44. The molecule has 1 amide bonds. The average Bonchev–Trinajstić information content (AvgIpc) is 3.57. The highest BCUT2D eigenvalue weighted by molar-refractivity contribution is 7.89. The number of halogens is 1. The molecule has 0 aliphatic carbocycles. The fourth-order valence-corrected chi connectivity index (χ4v) is 7.13. The summed E-state index contributed by atoms with van der Waals surface area (Å²) in [7, 11) is -3.64. The van der Waals surface area contributed by atoms with Gasteiger partial charge in [-0.15, -0.1) is 0 Å². The van der Waals surface area contributed by atoms with Crippen molar-refractivity contribution in [3.63, 3.8) is 0 Å². The molecule has 1 saturated heterocycles. The summed E-state index contributed by atoms with van der Waals surface area (Å²) in [6.07, 6.45) is 3.32. The lowest BCUT2D eigenvalue weighted by atomic mass is 9.96. The topological polar surface area (TPSA) is 83.7 Å². The number of hydrogen-bond acceptors (Lipinski definition) is 6. The molecule has 1 fully saturated rings. The fourth-order valence-electron chi connectivity index (χ4n) is 4.51. The van der Waals surface area contributed by atoms with Crippen molar-refractivity contribution in [2.24, 2.45) is 5.92 Å². The van der Waals surface area contributed by atoms with Gasteiger partial charge in [0.2, 0.25) is 15.9 Å². The summed E-state index contributed by atoms with van der Waals surface area (Å²) in [5.74, 6) is 0.294. The van der Waals surface area contributed by atoms with Gasteiger partial charge in [0.15, 0.2) is 5.13 Å². The third kappa shape index (κ3) is 4.93. The quantitative estimate of drug-likeness (QED) is 0.297. The molecule has 0 N–H and O–H groups in total. The summed E-state index contributed by atoms with van der Waals surface area (Å²) in [5.41, 5.74) is 2.06. The van der Waals surface area contributed by atoms with Crippen molar-refractivity contribution in [1.29, 1.82) is 0 Å². The zero-order valence-electron chi connectivity index (χ0n) is 19.8. The third-order valence-corrected chi connectivity index (χ3v) is 9.73. The van der Waals surface area contributed by atoms with Crippen molar-refractivity contribution in [3.8, 4) is 0 Å². The number of hydrogen-bond donors (Lipinski definition) is 0. The molecule has 10 heteroatoms. The van der Waals surface area contributed by atoms with Gasteiger partial charge in [0, 0.05) is 24.0 Å². The lowest BCUT2D eigenvalue weighted by Gasteiger charge is -2.32. The number of benzene rings is 2. The van der Waals surface area contributed by atoms with Gasteiger partial charge in [0.1, 0.15) is 5.76 Å². The first-order valence-corrected chi connectivity index (χ1v) is 14.5. The molecule has 1 aliphatic heterocycles. The summed E-state index contributed by atoms with van der Waals surface area (Å²) in [6.45, 7) is 2.91. The van der Waals surface area contributed by atoms with E-state index in [0.29, 0.717) is 28.8 Å². The molecule has 0 radical (unpaired) electrons. The van der Waals surface area contributed by atoms with Crippen LogP contribution in [-0.4, -0.2) is 36.7 Å². The SMILES string of the molecule is CCc1cccc2sc(N(Cc3ccco3)C(=O)C3CCN(S(=O)(=O)c4ccc(Cl)cc4)CC3)nc12. The molecule has 0 spiro atoms. The van der Waals surface area contributed by atoms with Gasteiger partial charge in [-0.2, -0.15) is 4.31 Å². The number of thiazole rings is 1. The van der Waals surface area contributed by atoms with Crippen LogP contribution >= 0.6 is 22.9 Å². The number of furan rings is 1. The second kappa shape index (κ2) is 10.3. The number of carbonyl (C=O) groups is 1. The summed E-state index contributed by atoms with van der Waals surface area (Å²) in [4.78, 5) is 20.5. The highest BCUT2D eigenvalue weighted by Crippen LogP contribution is 2.34. The Morgan fingerprint density at radius 2 is 1.89 bits per heavy atom. The van der Waals surface area contributed by atoms with Crippen LogP contribution in [0.15, 0.2) is 70.2 Å². The van der Waals surface area contributed by atoms with Gasteiger partial charge in [-0.25, -0.2) is 13.4 Å². The maximum absolute atomic E-state index is 13.8. The molecule has 5 rings (SSSR count). The van der Waals surface area contributed by atoms with E-state index >= 15 is 0 Å². The largest absolute Gasteiger partial charge is 0.467 e. The fraction of sp³-hybridized carbons (Fsp3) is 0.308. The Hall–Kier alpha value is -2.72. The third-order valence-electron chi connectivity index (χ3n) is 6.52. The highest BCUT2D eigenvalue weighted by Gasteiger charge is 2.35. The number of piperidine rings is 1. The molecule has 2 aromatic heterocycles. The van der Waals surface area contributed by atoms with E-state index in [1.165, 1.54) is 27.8 Å². The molecule has 0 bridgehead atoms. The molecule has 188 valence electrons. The van der Waals surface area contributed by atoms with Crippen LogP contribution in [0, 0.1) is 5.92 Å². The van der Waals surface area contributed by atoms with Crippen LogP contribution in [-0.2, 0) is 27.8 Å². The Kier molecular flexibility index (Phi) is 7.16. The average molecular weight is 544 g/mol. The van der Waals surface area contributed by atoms with Gasteiger partial charge in [0.25, 0.3) is 0 Å². The van der Waals surface area contributed by atoms with Crippen molar-refractivity contribution in [2.45, 2.75) is 37.6 Å². The molecule has 0 unspecified atom stereocenters. The van der Waals surface area contributed by atoms with Gasteiger partial charge in [-0.3, -0.25) is 9.69 Å². The number of sulfonamides is 1. The number of nitrogens with zero attached hydrogens (tertiary/aromatic N) is 3. The first-order chi connectivity index (χ1) is 17.4. The molecule has 7 nitrogen and oxygen atoms in total. The normalized spacial score (nSPS) is 15.4. The van der Waals surface area contributed by atoms with Crippen LogP contribution in [0.5, 0.6) is 0 Å². The number of rotatable bonds is 7. The van der Waals surface area contributed by atoms with Gasteiger partial charge in [-0.05, 0) is 67.3 Å². The van der Waals surface area contributed by atoms with E-state index in [4.69, 9.17) is 21.0 Å². The predicted octanol–water partition coefficient (Wildman–Crippen LogP) is 5.74. The number of anilines is 1. The van der Waals surface area contributed by atoms with E-state index in [2.05, 4.69) is 13.0 Å². The van der Waals surface area contributed by atoms with Gasteiger partial charge in [0.05, 0.1) is 27.9 Å². The van der Waals surface area contributed by atoms with Crippen LogP contribution in [0.25, 0.3) is 10.2 Å². The number of aromatic nitrogens is 1. The number of carbonyl (C=O) groups excluding carboxylic acids is 1. The molecular formula is C26H26ClN3O4S2. The molecule has 3 heterocycles. The number of fused-ring (bicyclic) bond motifs is 1. The molecule has 36 heavy (non-hydrogen) atoms. The second-order valence-corrected chi connectivity index (χ2v) is 12.1. The van der Waals surface area contributed by atoms with E-state index in [-0.39, 0.29) is 36.4 Å². The van der Waals surface area contributed by atoms with E-state index in [1.54, 1.807) is 29.4 Å². The van der Waals surface area contributed by atoms with Gasteiger partial charge < -0.3 is 4.42 Å². The van der Waals surface area contributed by atoms with E-state index in [0.717, 1.165) is 22.2 Å². The van der Waals surface area contributed by atoms with Crippen LogP contribution in [0.1, 0.15) is 31.1 Å². The van der Waals surface area contributed by atoms with Crippen LogP contribution in [0.4, 0.5) is 5.13 Å². The summed E-state index contributed by atoms with van der Waals surface area (Å²) in [5, 5.41) is 1.11. The molecular weight excluding hydrogens is 518 g/mol. The van der Waals surface area contributed by atoms with Gasteiger partial charge >= 0.3 is 0 Å². The Morgan fingerprint density at radius 1 is 1.14 bits per heavy atom. The number of para-hydroxylation sites is 1. The standard InChI is InChI=1S/C26H26ClN3O4S2/c1-2-18-5-3-7-23-24(18)28-26(35-23)30(17-21-6-4-16-34-21)25(31)19-12-14-29(15-13-19)36(32,33)22-10-8-20(27)9-11-22/h3-11,16,19H,2,12-15,17H2,1H3.